The molecule has 0 spiro atoms. The predicted octanol–water partition coefficient (Wildman–Crippen LogP) is 2.36. The number of nitrogens with one attached hydrogen (secondary N) is 2. The lowest BCUT2D eigenvalue weighted by atomic mass is 10.1. The Kier molecular flexibility index (Phi) is 4.30. The lowest BCUT2D eigenvalue weighted by Gasteiger charge is -2.15. The summed E-state index contributed by atoms with van der Waals surface area (Å²) < 4.78 is 2.21. The van der Waals surface area contributed by atoms with Gasteiger partial charge in [-0.3, -0.25) is 4.79 Å². The summed E-state index contributed by atoms with van der Waals surface area (Å²) in [6.07, 6.45) is 6.18. The van der Waals surface area contributed by atoms with Crippen LogP contribution in [0.15, 0.2) is 24.3 Å². The number of aryl methyl sites for hydroxylation is 1. The Bertz CT molecular complexity index is 716. The fraction of sp³-hybridized carbons (Fsp3) is 0.500. The van der Waals surface area contributed by atoms with E-state index in [1.165, 1.54) is 12.8 Å². The van der Waals surface area contributed by atoms with Crippen molar-refractivity contribution in [1.82, 2.24) is 20.1 Å². The number of rotatable bonds is 4. The van der Waals surface area contributed by atoms with Crippen molar-refractivity contribution in [3.05, 3.63) is 30.1 Å². The molecule has 6 nitrogen and oxygen atoms in total. The number of amides is 1. The number of benzene rings is 1. The summed E-state index contributed by atoms with van der Waals surface area (Å²) in [7, 11) is 0. The molecule has 2 aromatic rings. The minimum atomic E-state index is 0.0713. The second-order valence-electron chi connectivity index (χ2n) is 6.67. The summed E-state index contributed by atoms with van der Waals surface area (Å²) in [4.78, 5) is 12.1. The number of nitrogens with zero attached hydrogens (tertiary/aromatic N) is 3. The monoisotopic (exact) mass is 325 g/mol. The first-order valence-electron chi connectivity index (χ1n) is 8.85. The van der Waals surface area contributed by atoms with Gasteiger partial charge in [-0.15, -0.1) is 10.2 Å². The average Bonchev–Trinajstić information content (AvgIpc) is 3.25. The lowest BCUT2D eigenvalue weighted by molar-refractivity contribution is -0.116. The maximum absolute atomic E-state index is 12.1. The topological polar surface area (TPSA) is 71.8 Å². The van der Waals surface area contributed by atoms with E-state index in [-0.39, 0.29) is 5.91 Å². The fourth-order valence-electron chi connectivity index (χ4n) is 3.59. The number of fused-ring (bicyclic) bond motifs is 1. The van der Waals surface area contributed by atoms with Crippen LogP contribution in [0.5, 0.6) is 0 Å². The minimum absolute atomic E-state index is 0.0713. The highest BCUT2D eigenvalue weighted by atomic mass is 16.1. The maximum atomic E-state index is 12.1. The van der Waals surface area contributed by atoms with Crippen molar-refractivity contribution < 1.29 is 4.79 Å². The zero-order chi connectivity index (χ0) is 16.4. The zero-order valence-electron chi connectivity index (χ0n) is 13.8. The van der Waals surface area contributed by atoms with Crippen LogP contribution in [0.25, 0.3) is 11.4 Å². The van der Waals surface area contributed by atoms with E-state index in [0.717, 1.165) is 55.3 Å². The van der Waals surface area contributed by atoms with Gasteiger partial charge in [0.1, 0.15) is 5.82 Å². The van der Waals surface area contributed by atoms with Crippen LogP contribution >= 0.6 is 0 Å². The molecule has 24 heavy (non-hydrogen) atoms. The van der Waals surface area contributed by atoms with Gasteiger partial charge in [0.2, 0.25) is 5.91 Å². The molecule has 1 saturated heterocycles. The number of hydrogen-bond donors (Lipinski definition) is 2. The van der Waals surface area contributed by atoms with Gasteiger partial charge in [-0.2, -0.15) is 0 Å². The molecule has 126 valence electrons. The first-order valence-corrected chi connectivity index (χ1v) is 8.85. The standard InChI is InChI=1S/C18H23N5O/c24-17(12-15-4-3-10-19-15)20-14-8-6-13(7-9-14)18-22-21-16-5-1-2-11-23(16)18/h6-9,15,19H,1-5,10-12H2,(H,20,24). The van der Waals surface area contributed by atoms with Crippen LogP contribution in [0, 0.1) is 0 Å². The van der Waals surface area contributed by atoms with Gasteiger partial charge >= 0.3 is 0 Å². The quantitative estimate of drug-likeness (QED) is 0.905. The molecule has 1 aromatic carbocycles. The molecule has 1 fully saturated rings. The number of aromatic nitrogens is 3. The van der Waals surface area contributed by atoms with Gasteiger partial charge in [0.15, 0.2) is 5.82 Å². The number of carbonyl (C=O) groups is 1. The Labute approximate surface area is 141 Å². The van der Waals surface area contributed by atoms with E-state index in [9.17, 15) is 4.79 Å². The first-order chi connectivity index (χ1) is 11.8. The second kappa shape index (κ2) is 6.73. The molecule has 0 saturated carbocycles. The van der Waals surface area contributed by atoms with Crippen molar-refractivity contribution in [2.24, 2.45) is 0 Å². The van der Waals surface area contributed by atoms with E-state index >= 15 is 0 Å². The van der Waals surface area contributed by atoms with Crippen LogP contribution in [0.2, 0.25) is 0 Å². The highest BCUT2D eigenvalue weighted by molar-refractivity contribution is 5.91. The third kappa shape index (κ3) is 3.19. The van der Waals surface area contributed by atoms with Crippen molar-refractivity contribution in [2.75, 3.05) is 11.9 Å². The van der Waals surface area contributed by atoms with Crippen molar-refractivity contribution in [3.63, 3.8) is 0 Å². The molecular weight excluding hydrogens is 302 g/mol. The van der Waals surface area contributed by atoms with E-state index in [1.807, 2.05) is 24.3 Å². The third-order valence-electron chi connectivity index (χ3n) is 4.88. The first kappa shape index (κ1) is 15.3. The summed E-state index contributed by atoms with van der Waals surface area (Å²) in [5, 5.41) is 15.0. The highest BCUT2D eigenvalue weighted by Gasteiger charge is 2.18. The maximum Gasteiger partial charge on any atom is 0.225 e. The molecule has 0 bridgehead atoms. The molecule has 2 aliphatic heterocycles. The minimum Gasteiger partial charge on any atom is -0.326 e. The Morgan fingerprint density at radius 2 is 2.08 bits per heavy atom. The Morgan fingerprint density at radius 1 is 1.21 bits per heavy atom. The molecule has 0 radical (unpaired) electrons. The van der Waals surface area contributed by atoms with Crippen LogP contribution in [0.3, 0.4) is 0 Å². The summed E-state index contributed by atoms with van der Waals surface area (Å²) in [5.41, 5.74) is 1.88. The van der Waals surface area contributed by atoms with Crippen LogP contribution in [-0.2, 0) is 17.8 Å². The van der Waals surface area contributed by atoms with Gasteiger partial charge in [-0.25, -0.2) is 0 Å². The largest absolute Gasteiger partial charge is 0.326 e. The van der Waals surface area contributed by atoms with Gasteiger partial charge in [0.05, 0.1) is 0 Å². The Morgan fingerprint density at radius 3 is 2.88 bits per heavy atom. The number of hydrogen-bond acceptors (Lipinski definition) is 4. The number of anilines is 1. The fourth-order valence-corrected chi connectivity index (χ4v) is 3.59. The molecule has 1 aromatic heterocycles. The Hall–Kier alpha value is -2.21. The highest BCUT2D eigenvalue weighted by Crippen LogP contribution is 2.24. The van der Waals surface area contributed by atoms with E-state index in [4.69, 9.17) is 0 Å². The second-order valence-corrected chi connectivity index (χ2v) is 6.67. The van der Waals surface area contributed by atoms with Crippen molar-refractivity contribution in [1.29, 1.82) is 0 Å². The molecule has 1 amide bonds. The normalized spacial score (nSPS) is 19.9. The molecule has 0 aliphatic carbocycles. The zero-order valence-corrected chi connectivity index (χ0v) is 13.8. The van der Waals surface area contributed by atoms with E-state index in [1.54, 1.807) is 0 Å². The predicted molar refractivity (Wildman–Crippen MR) is 92.7 cm³/mol. The summed E-state index contributed by atoms with van der Waals surface area (Å²) >= 11 is 0. The summed E-state index contributed by atoms with van der Waals surface area (Å²) in [6, 6.07) is 8.23. The van der Waals surface area contributed by atoms with E-state index in [2.05, 4.69) is 25.4 Å². The molecule has 4 rings (SSSR count). The molecule has 2 aliphatic rings. The van der Waals surface area contributed by atoms with Crippen molar-refractivity contribution >= 4 is 11.6 Å². The van der Waals surface area contributed by atoms with Gasteiger partial charge < -0.3 is 15.2 Å². The third-order valence-corrected chi connectivity index (χ3v) is 4.88. The smallest absolute Gasteiger partial charge is 0.225 e. The van der Waals surface area contributed by atoms with Crippen LogP contribution in [0.1, 0.15) is 37.9 Å². The van der Waals surface area contributed by atoms with Crippen LogP contribution in [0.4, 0.5) is 5.69 Å². The number of carbonyl (C=O) groups excluding carboxylic acids is 1. The summed E-state index contributed by atoms with van der Waals surface area (Å²) in [5.74, 6) is 2.08. The van der Waals surface area contributed by atoms with Gasteiger partial charge in [-0.1, -0.05) is 0 Å². The van der Waals surface area contributed by atoms with Crippen LogP contribution < -0.4 is 10.6 Å². The van der Waals surface area contributed by atoms with Crippen molar-refractivity contribution in [3.8, 4) is 11.4 Å². The molecule has 1 unspecified atom stereocenters. The molecule has 1 atom stereocenters. The molecule has 3 heterocycles. The molecular formula is C18H23N5O. The van der Waals surface area contributed by atoms with Crippen LogP contribution in [-0.4, -0.2) is 33.3 Å². The SMILES string of the molecule is O=C(CC1CCCN1)Nc1ccc(-c2nnc3n2CCCC3)cc1. The summed E-state index contributed by atoms with van der Waals surface area (Å²) in [6.45, 7) is 2.01. The molecule has 2 N–H and O–H groups in total. The van der Waals surface area contributed by atoms with Gasteiger partial charge in [0.25, 0.3) is 0 Å². The molecule has 6 heteroatoms. The van der Waals surface area contributed by atoms with E-state index < -0.39 is 0 Å². The lowest BCUT2D eigenvalue weighted by Crippen LogP contribution is -2.27. The van der Waals surface area contributed by atoms with E-state index in [0.29, 0.717) is 12.5 Å². The Balaban J connectivity index is 1.43. The average molecular weight is 325 g/mol. The van der Waals surface area contributed by atoms with Crippen molar-refractivity contribution in [2.45, 2.75) is 51.1 Å². The van der Waals surface area contributed by atoms with Gasteiger partial charge in [0, 0.05) is 36.7 Å². The van der Waals surface area contributed by atoms with Gasteiger partial charge in [-0.05, 0) is 56.5 Å².